The zero-order chi connectivity index (χ0) is 16.5. The third-order valence-electron chi connectivity index (χ3n) is 2.95. The van der Waals surface area contributed by atoms with Gasteiger partial charge in [-0.15, -0.1) is 0 Å². The molecule has 0 bridgehead atoms. The van der Waals surface area contributed by atoms with Crippen molar-refractivity contribution in [1.29, 1.82) is 0 Å². The Kier molecular flexibility index (Phi) is 6.17. The fourth-order valence-corrected chi connectivity index (χ4v) is 1.86. The molecule has 0 atom stereocenters. The normalized spacial score (nSPS) is 11.0. The molecule has 0 heterocycles. The highest BCUT2D eigenvalue weighted by Crippen LogP contribution is 2.20. The first-order valence-corrected chi connectivity index (χ1v) is 7.35. The fraction of sp³-hybridized carbons (Fsp3) is 0.222. The minimum absolute atomic E-state index is 0.204. The Hall–Kier alpha value is -2.82. The van der Waals surface area contributed by atoms with Crippen LogP contribution in [0.1, 0.15) is 29.8 Å². The van der Waals surface area contributed by atoms with Crippen molar-refractivity contribution in [2.24, 2.45) is 5.16 Å². The van der Waals surface area contributed by atoms with Gasteiger partial charge in [-0.1, -0.05) is 42.5 Å². The molecule has 0 aliphatic carbocycles. The number of esters is 1. The minimum atomic E-state index is -0.464. The topological polar surface area (TPSA) is 57.1 Å². The van der Waals surface area contributed by atoms with Crippen LogP contribution in [0.4, 0.5) is 0 Å². The molecule has 0 spiro atoms. The molecule has 0 radical (unpaired) electrons. The maximum Gasteiger partial charge on any atom is 0.342 e. The van der Waals surface area contributed by atoms with E-state index < -0.39 is 5.97 Å². The lowest BCUT2D eigenvalue weighted by Crippen LogP contribution is -2.08. The monoisotopic (exact) mass is 313 g/mol. The van der Waals surface area contributed by atoms with Crippen LogP contribution in [-0.4, -0.2) is 18.5 Å². The van der Waals surface area contributed by atoms with Crippen LogP contribution in [0.25, 0.3) is 0 Å². The first kappa shape index (κ1) is 16.5. The number of carbonyl (C=O) groups is 1. The summed E-state index contributed by atoms with van der Waals surface area (Å²) in [4.78, 5) is 17.5. The highest BCUT2D eigenvalue weighted by Gasteiger charge is 2.14. The smallest absolute Gasteiger partial charge is 0.342 e. The largest absolute Gasteiger partial charge is 0.479 e. The summed E-state index contributed by atoms with van der Waals surface area (Å²) in [5.41, 5.74) is 1.24. The fourth-order valence-electron chi connectivity index (χ4n) is 1.86. The summed E-state index contributed by atoms with van der Waals surface area (Å²) in [6.07, 6.45) is 0. The van der Waals surface area contributed by atoms with Gasteiger partial charge < -0.3 is 14.3 Å². The van der Waals surface area contributed by atoms with Gasteiger partial charge in [0.1, 0.15) is 12.2 Å². The number of oxime groups is 1. The van der Waals surface area contributed by atoms with Gasteiger partial charge in [0.2, 0.25) is 5.90 Å². The van der Waals surface area contributed by atoms with Crippen LogP contribution in [0.5, 0.6) is 5.75 Å². The predicted octanol–water partition coefficient (Wildman–Crippen LogP) is 3.79. The molecule has 120 valence electrons. The van der Waals surface area contributed by atoms with Crippen LogP contribution >= 0.6 is 0 Å². The molecule has 0 aliphatic rings. The van der Waals surface area contributed by atoms with Gasteiger partial charge >= 0.3 is 5.97 Å². The van der Waals surface area contributed by atoms with Crippen LogP contribution in [0, 0.1) is 0 Å². The van der Waals surface area contributed by atoms with Crippen LogP contribution < -0.4 is 4.84 Å². The Labute approximate surface area is 135 Å². The number of benzene rings is 2. The molecular weight excluding hydrogens is 294 g/mol. The van der Waals surface area contributed by atoms with Crippen molar-refractivity contribution in [3.05, 3.63) is 65.7 Å². The Bertz CT molecular complexity index is 668. The second-order valence-electron chi connectivity index (χ2n) is 4.69. The van der Waals surface area contributed by atoms with Crippen molar-refractivity contribution < 1.29 is 19.1 Å². The molecule has 5 nitrogen and oxygen atoms in total. The number of hydrogen-bond acceptors (Lipinski definition) is 5. The van der Waals surface area contributed by atoms with Gasteiger partial charge in [0.05, 0.1) is 6.61 Å². The van der Waals surface area contributed by atoms with Crippen molar-refractivity contribution in [1.82, 2.24) is 0 Å². The van der Waals surface area contributed by atoms with Gasteiger partial charge in [-0.3, -0.25) is 0 Å². The summed E-state index contributed by atoms with van der Waals surface area (Å²) in [5.74, 6) is 0.248. The molecule has 0 aliphatic heterocycles. The molecule has 0 saturated heterocycles. The molecule has 0 N–H and O–H groups in total. The average molecular weight is 313 g/mol. The maximum atomic E-state index is 12.2. The molecule has 2 aromatic carbocycles. The number of para-hydroxylation sites is 1. The first-order chi connectivity index (χ1) is 11.2. The number of hydrogen-bond donors (Lipinski definition) is 0. The van der Waals surface area contributed by atoms with E-state index in [0.29, 0.717) is 23.8 Å². The summed E-state index contributed by atoms with van der Waals surface area (Å²) in [7, 11) is 0. The Morgan fingerprint density at radius 1 is 1.00 bits per heavy atom. The van der Waals surface area contributed by atoms with Gasteiger partial charge in [-0.05, 0) is 29.8 Å². The summed E-state index contributed by atoms with van der Waals surface area (Å²) in [5, 5.41) is 3.83. The van der Waals surface area contributed by atoms with Crippen molar-refractivity contribution in [2.75, 3.05) is 6.61 Å². The van der Waals surface area contributed by atoms with Crippen molar-refractivity contribution in [3.63, 3.8) is 0 Å². The summed E-state index contributed by atoms with van der Waals surface area (Å²) >= 11 is 0. The summed E-state index contributed by atoms with van der Waals surface area (Å²) in [6, 6.07) is 16.3. The molecule has 23 heavy (non-hydrogen) atoms. The highest BCUT2D eigenvalue weighted by molar-refractivity contribution is 5.92. The number of carbonyl (C=O) groups excluding carboxylic acids is 1. The second kappa shape index (κ2) is 8.58. The zero-order valence-electron chi connectivity index (χ0n) is 13.2. The summed E-state index contributed by atoms with van der Waals surface area (Å²) in [6.45, 7) is 4.24. The lowest BCUT2D eigenvalue weighted by atomic mass is 10.2. The minimum Gasteiger partial charge on any atom is -0.479 e. The van der Waals surface area contributed by atoms with Gasteiger partial charge in [-0.2, -0.15) is 0 Å². The van der Waals surface area contributed by atoms with Crippen molar-refractivity contribution in [3.8, 4) is 5.75 Å². The lowest BCUT2D eigenvalue weighted by molar-refractivity contribution is 0.0468. The summed E-state index contributed by atoms with van der Waals surface area (Å²) < 4.78 is 10.5. The van der Waals surface area contributed by atoms with E-state index in [9.17, 15) is 4.79 Å². The lowest BCUT2D eigenvalue weighted by Gasteiger charge is -2.08. The molecule has 0 saturated carbocycles. The first-order valence-electron chi connectivity index (χ1n) is 7.35. The Balaban J connectivity index is 2.04. The van der Waals surface area contributed by atoms with E-state index in [1.165, 1.54) is 0 Å². The molecule has 0 fully saturated rings. The van der Waals surface area contributed by atoms with Crippen LogP contribution in [0.15, 0.2) is 59.8 Å². The van der Waals surface area contributed by atoms with E-state index in [1.807, 2.05) is 37.3 Å². The maximum absolute atomic E-state index is 12.2. The van der Waals surface area contributed by atoms with E-state index >= 15 is 0 Å². The quantitative estimate of drug-likeness (QED) is 0.352. The zero-order valence-corrected chi connectivity index (χ0v) is 13.2. The average Bonchev–Trinajstić information content (AvgIpc) is 2.59. The Morgan fingerprint density at radius 3 is 2.43 bits per heavy atom. The van der Waals surface area contributed by atoms with E-state index in [2.05, 4.69) is 5.16 Å². The molecular formula is C18H19NO4. The number of nitrogens with zero attached hydrogens (tertiary/aromatic N) is 1. The van der Waals surface area contributed by atoms with Crippen LogP contribution in [0.3, 0.4) is 0 Å². The Morgan fingerprint density at radius 2 is 1.70 bits per heavy atom. The molecule has 0 unspecified atom stereocenters. The van der Waals surface area contributed by atoms with E-state index in [1.54, 1.807) is 31.2 Å². The van der Waals surface area contributed by atoms with Crippen LogP contribution in [0.2, 0.25) is 0 Å². The SMILES string of the molecule is CCO/C(C)=N/Oc1ccccc1C(=O)OCc1ccccc1. The highest BCUT2D eigenvalue weighted by atomic mass is 16.7. The number of ether oxygens (including phenoxy) is 2. The van der Waals surface area contributed by atoms with Crippen LogP contribution in [-0.2, 0) is 16.1 Å². The third-order valence-corrected chi connectivity index (χ3v) is 2.95. The molecule has 5 heteroatoms. The van der Waals surface area contributed by atoms with E-state index in [4.69, 9.17) is 14.3 Å². The van der Waals surface area contributed by atoms with Crippen molar-refractivity contribution in [2.45, 2.75) is 20.5 Å². The standard InChI is InChI=1S/C18H19NO4/c1-3-21-14(2)19-23-17-12-8-7-11-16(17)18(20)22-13-15-9-5-4-6-10-15/h4-12H,3,13H2,1-2H3/b19-14+. The van der Waals surface area contributed by atoms with Gasteiger partial charge in [0, 0.05) is 6.92 Å². The molecule has 2 rings (SSSR count). The molecule has 2 aromatic rings. The van der Waals surface area contributed by atoms with E-state index in [-0.39, 0.29) is 6.61 Å². The predicted molar refractivity (Wildman–Crippen MR) is 87.4 cm³/mol. The van der Waals surface area contributed by atoms with Gasteiger partial charge in [0.25, 0.3) is 0 Å². The van der Waals surface area contributed by atoms with Gasteiger partial charge in [-0.25, -0.2) is 4.79 Å². The second-order valence-corrected chi connectivity index (χ2v) is 4.69. The molecule has 0 amide bonds. The van der Waals surface area contributed by atoms with E-state index in [0.717, 1.165) is 5.56 Å². The van der Waals surface area contributed by atoms with Gasteiger partial charge in [0.15, 0.2) is 5.75 Å². The molecule has 0 aromatic heterocycles. The van der Waals surface area contributed by atoms with Crippen molar-refractivity contribution >= 4 is 11.9 Å². The number of rotatable bonds is 6. The third kappa shape index (κ3) is 5.14.